The predicted molar refractivity (Wildman–Crippen MR) is 287 cm³/mol. The highest BCUT2D eigenvalue weighted by molar-refractivity contribution is 7.90. The van der Waals surface area contributed by atoms with Crippen molar-refractivity contribution >= 4 is 78.8 Å². The van der Waals surface area contributed by atoms with E-state index in [1.54, 1.807) is 86.3 Å². The second-order valence-corrected chi connectivity index (χ2v) is 24.5. The molecular weight excluding hydrogens is 1040 g/mol. The zero-order valence-electron chi connectivity index (χ0n) is 44.5. The lowest BCUT2D eigenvalue weighted by atomic mass is 9.86. The smallest absolute Gasteiger partial charge is 0.410 e. The second-order valence-electron chi connectivity index (χ2n) is 20.9. The van der Waals surface area contributed by atoms with Gasteiger partial charge < -0.3 is 35.4 Å². The Bertz CT molecular complexity index is 3250. The van der Waals surface area contributed by atoms with Gasteiger partial charge in [-0.25, -0.2) is 54.3 Å². The van der Waals surface area contributed by atoms with Crippen LogP contribution < -0.4 is 11.1 Å². The van der Waals surface area contributed by atoms with Crippen LogP contribution in [0.1, 0.15) is 90.7 Å². The molecule has 0 radical (unpaired) electrons. The van der Waals surface area contributed by atoms with Gasteiger partial charge in [0, 0.05) is 45.1 Å². The molecular formula is C52H69ClN10O11S2. The average Bonchev–Trinajstić information content (AvgIpc) is 3.98. The number of carbonyl (C=O) groups is 4. The number of nitrogens with two attached hydrogens (primary N) is 1. The zero-order chi connectivity index (χ0) is 55.2. The molecule has 3 amide bonds. The van der Waals surface area contributed by atoms with E-state index >= 15 is 0 Å². The summed E-state index contributed by atoms with van der Waals surface area (Å²) < 4.78 is 64.4. The number of piperidine rings is 2. The van der Waals surface area contributed by atoms with E-state index in [9.17, 15) is 36.0 Å². The van der Waals surface area contributed by atoms with Gasteiger partial charge in [0.2, 0.25) is 5.91 Å². The third-order valence-electron chi connectivity index (χ3n) is 12.5. The van der Waals surface area contributed by atoms with Crippen molar-refractivity contribution in [3.8, 4) is 0 Å². The number of ether oxygens (including phenoxy) is 2. The molecule has 76 heavy (non-hydrogen) atoms. The van der Waals surface area contributed by atoms with Crippen LogP contribution in [-0.4, -0.2) is 121 Å². The number of fused-ring (bicyclic) bond motifs is 2. The Balaban J connectivity index is 0.000000231. The van der Waals surface area contributed by atoms with Gasteiger partial charge in [0.05, 0.1) is 52.0 Å². The van der Waals surface area contributed by atoms with Crippen molar-refractivity contribution in [2.75, 3.05) is 26.2 Å². The van der Waals surface area contributed by atoms with Gasteiger partial charge in [0.25, 0.3) is 20.0 Å². The number of carbonyl (C=O) groups excluding carboxylic acids is 3. The molecule has 4 atom stereocenters. The molecule has 4 aromatic heterocycles. The van der Waals surface area contributed by atoms with Crippen LogP contribution in [0.15, 0.2) is 95.2 Å². The molecule has 2 fully saturated rings. The number of aromatic nitrogens is 6. The summed E-state index contributed by atoms with van der Waals surface area (Å²) in [5, 5.41) is 12.0. The molecule has 0 spiro atoms. The summed E-state index contributed by atoms with van der Waals surface area (Å²) in [4.78, 5) is 69.0. The summed E-state index contributed by atoms with van der Waals surface area (Å²) in [5.41, 5.74) is 8.87. The average molecular weight is 1110 g/mol. The Labute approximate surface area is 450 Å². The fraction of sp³-hybridized carbons (Fsp3) is 0.462. The molecule has 2 aliphatic rings. The number of carboxylic acids is 1. The van der Waals surface area contributed by atoms with E-state index in [0.717, 1.165) is 19.1 Å². The van der Waals surface area contributed by atoms with Crippen molar-refractivity contribution in [1.29, 1.82) is 0 Å². The molecule has 2 aliphatic heterocycles. The van der Waals surface area contributed by atoms with Crippen molar-refractivity contribution in [2.24, 2.45) is 29.4 Å². The molecule has 0 bridgehead atoms. The molecule has 2 saturated heterocycles. The zero-order valence-corrected chi connectivity index (χ0v) is 46.9. The van der Waals surface area contributed by atoms with Gasteiger partial charge in [-0.3, -0.25) is 9.59 Å². The third kappa shape index (κ3) is 15.0. The van der Waals surface area contributed by atoms with Crippen LogP contribution in [0.4, 0.5) is 9.59 Å². The van der Waals surface area contributed by atoms with E-state index < -0.39 is 55.3 Å². The number of likely N-dealkylation sites (tertiary alicyclic amines) is 2. The first-order valence-corrected chi connectivity index (χ1v) is 27.4. The molecule has 4 unspecified atom stereocenters. The minimum Gasteiger partial charge on any atom is -0.481 e. The number of nitrogens with one attached hydrogen (secondary N) is 1. The maximum absolute atomic E-state index is 13.1. The van der Waals surface area contributed by atoms with E-state index in [4.69, 9.17) is 20.3 Å². The van der Waals surface area contributed by atoms with E-state index in [-0.39, 0.29) is 77.7 Å². The van der Waals surface area contributed by atoms with Gasteiger partial charge in [-0.2, -0.15) is 0 Å². The topological polar surface area (TPSA) is 281 Å². The van der Waals surface area contributed by atoms with E-state index in [1.165, 1.54) is 29.7 Å². The summed E-state index contributed by atoms with van der Waals surface area (Å²) in [5.74, 6) is -1.68. The van der Waals surface area contributed by atoms with Crippen LogP contribution in [0.5, 0.6) is 0 Å². The first-order chi connectivity index (χ1) is 35.1. The summed E-state index contributed by atoms with van der Waals surface area (Å²) >= 11 is 0. The molecule has 6 heterocycles. The molecule has 8 rings (SSSR count). The maximum Gasteiger partial charge on any atom is 0.410 e. The summed E-state index contributed by atoms with van der Waals surface area (Å²) in [6.07, 6.45) is 6.40. The summed E-state index contributed by atoms with van der Waals surface area (Å²) in [6.45, 7) is 20.6. The van der Waals surface area contributed by atoms with Crippen LogP contribution in [0, 0.1) is 37.5 Å². The monoisotopic (exact) mass is 1110 g/mol. The second kappa shape index (κ2) is 24.5. The lowest BCUT2D eigenvalue weighted by Crippen LogP contribution is -2.49. The van der Waals surface area contributed by atoms with Gasteiger partial charge in [0.15, 0.2) is 11.3 Å². The van der Waals surface area contributed by atoms with Crippen LogP contribution in [-0.2, 0) is 52.2 Å². The number of aryl methyl sites for hydroxylation is 2. The molecule has 412 valence electrons. The van der Waals surface area contributed by atoms with Crippen molar-refractivity contribution < 1.29 is 50.6 Å². The number of benzene rings is 2. The SMILES string of the molecule is CC1CCN(C(=O)OC(C)(C)C)CC1C(=O)O.Cc1ccc(S(=O)(=O)n2ccc3nc(CN)cnc32)cc1.Cc1ccc(S(=O)(=O)n2ccc3nc(CNC(=O)C4CN(C(=O)OC(C)(C)C)CCC4C)cnc32)cc1.Cl. The quantitative estimate of drug-likeness (QED) is 0.128. The van der Waals surface area contributed by atoms with Gasteiger partial charge >= 0.3 is 18.2 Å². The van der Waals surface area contributed by atoms with E-state index in [0.29, 0.717) is 54.0 Å². The number of hydrogen-bond acceptors (Lipinski definition) is 15. The largest absolute Gasteiger partial charge is 0.481 e. The van der Waals surface area contributed by atoms with Gasteiger partial charge in [-0.1, -0.05) is 49.2 Å². The predicted octanol–water partition coefficient (Wildman–Crippen LogP) is 7.31. The normalized spacial score (nSPS) is 18.0. The van der Waals surface area contributed by atoms with Gasteiger partial charge in [-0.15, -0.1) is 12.4 Å². The number of amides is 3. The first-order valence-electron chi connectivity index (χ1n) is 24.5. The highest BCUT2D eigenvalue weighted by Gasteiger charge is 2.37. The number of hydrogen-bond donors (Lipinski definition) is 3. The number of carboxylic acid groups (broad SMARTS) is 1. The number of halogens is 1. The van der Waals surface area contributed by atoms with Crippen LogP contribution >= 0.6 is 12.4 Å². The van der Waals surface area contributed by atoms with Crippen LogP contribution in [0.3, 0.4) is 0 Å². The molecule has 6 aromatic rings. The maximum atomic E-state index is 13.1. The van der Waals surface area contributed by atoms with E-state index in [1.807, 2.05) is 48.5 Å². The Morgan fingerprint density at radius 1 is 0.658 bits per heavy atom. The summed E-state index contributed by atoms with van der Waals surface area (Å²) in [7, 11) is -7.50. The Morgan fingerprint density at radius 3 is 1.46 bits per heavy atom. The first kappa shape index (κ1) is 60.2. The fourth-order valence-electron chi connectivity index (χ4n) is 8.17. The highest BCUT2D eigenvalue weighted by atomic mass is 35.5. The molecule has 4 N–H and O–H groups in total. The Morgan fingerprint density at radius 2 is 1.05 bits per heavy atom. The fourth-order valence-corrected chi connectivity index (χ4v) is 10.8. The minimum absolute atomic E-state index is 0. The van der Waals surface area contributed by atoms with Gasteiger partial charge in [-0.05, 0) is 116 Å². The lowest BCUT2D eigenvalue weighted by Gasteiger charge is -2.36. The third-order valence-corrected chi connectivity index (χ3v) is 15.9. The molecule has 21 nitrogen and oxygen atoms in total. The lowest BCUT2D eigenvalue weighted by molar-refractivity contribution is -0.145. The number of rotatable bonds is 9. The summed E-state index contributed by atoms with van der Waals surface area (Å²) in [6, 6.07) is 16.5. The Kier molecular flexibility index (Phi) is 19.4. The van der Waals surface area contributed by atoms with Crippen molar-refractivity contribution in [2.45, 2.75) is 116 Å². The Hall–Kier alpha value is -6.69. The molecule has 2 aromatic carbocycles. The molecule has 24 heteroatoms. The minimum atomic E-state index is -3.82. The van der Waals surface area contributed by atoms with E-state index in [2.05, 4.69) is 25.3 Å². The standard InChI is InChI=1S/C26H33N5O5S.C14H14N4O2S.C12H21NO4.ClH/c1-17-6-8-20(9-7-17)37(34,35)31-13-11-22-23(31)27-14-19(29-22)15-28-24(32)21-16-30(12-10-18(21)2)25(33)36-26(3,4)5;1-10-2-4-12(5-3-10)21(19,20)18-7-6-13-14(18)16-9-11(8-15)17-13;1-8-5-6-13(7-9(8)10(14)15)11(16)17-12(2,3)4;/h6-9,11,13-14,18,21H,10,12,15-16H2,1-5H3,(H,28,32);2-7,9H,8,15H2,1H3;8-9H,5-7H2,1-4H3,(H,14,15);1H. The number of nitrogens with zero attached hydrogens (tertiary/aromatic N) is 8. The number of aliphatic carboxylic acids is 1. The van der Waals surface area contributed by atoms with Crippen LogP contribution in [0.25, 0.3) is 22.3 Å². The van der Waals surface area contributed by atoms with Crippen LogP contribution in [0.2, 0.25) is 0 Å². The van der Waals surface area contributed by atoms with Crippen molar-refractivity contribution in [3.05, 3.63) is 108 Å². The van der Waals surface area contributed by atoms with Crippen molar-refractivity contribution in [3.63, 3.8) is 0 Å². The van der Waals surface area contributed by atoms with Crippen molar-refractivity contribution in [1.82, 2.24) is 43.0 Å². The van der Waals surface area contributed by atoms with Gasteiger partial charge in [0.1, 0.15) is 22.2 Å². The molecule has 0 saturated carbocycles. The highest BCUT2D eigenvalue weighted by Crippen LogP contribution is 2.27. The molecule has 0 aliphatic carbocycles.